The van der Waals surface area contributed by atoms with Gasteiger partial charge in [-0.25, -0.2) is 4.98 Å². The molecule has 0 aliphatic heterocycles. The molecule has 0 bridgehead atoms. The van der Waals surface area contributed by atoms with E-state index < -0.39 is 0 Å². The Labute approximate surface area is 97.5 Å². The summed E-state index contributed by atoms with van der Waals surface area (Å²) in [7, 11) is 0. The Morgan fingerprint density at radius 2 is 2.19 bits per heavy atom. The standard InChI is InChI=1S/C13H21N3/c1-10-6-7-13(15-8-10)16-9-11-4-2-3-5-12(11)14/h6-8,11-12H,2-5,9,14H2,1H3,(H,15,16). The van der Waals surface area contributed by atoms with Crippen molar-refractivity contribution in [2.24, 2.45) is 11.7 Å². The number of aromatic nitrogens is 1. The van der Waals surface area contributed by atoms with Crippen LogP contribution in [0.15, 0.2) is 18.3 Å². The molecule has 1 aromatic heterocycles. The van der Waals surface area contributed by atoms with Crippen molar-refractivity contribution in [2.45, 2.75) is 38.6 Å². The van der Waals surface area contributed by atoms with Crippen LogP contribution >= 0.6 is 0 Å². The minimum atomic E-state index is 0.367. The second-order valence-electron chi connectivity index (χ2n) is 4.81. The van der Waals surface area contributed by atoms with Crippen LogP contribution in [0.5, 0.6) is 0 Å². The van der Waals surface area contributed by atoms with Crippen LogP contribution in [0.25, 0.3) is 0 Å². The summed E-state index contributed by atoms with van der Waals surface area (Å²) in [5.74, 6) is 1.57. The molecule has 1 saturated carbocycles. The van der Waals surface area contributed by atoms with Gasteiger partial charge in [-0.05, 0) is 37.3 Å². The van der Waals surface area contributed by atoms with Crippen LogP contribution in [-0.2, 0) is 0 Å². The number of aryl methyl sites for hydroxylation is 1. The Bertz CT molecular complexity index is 320. The number of pyridine rings is 1. The highest BCUT2D eigenvalue weighted by Gasteiger charge is 2.21. The first kappa shape index (κ1) is 11.4. The Hall–Kier alpha value is -1.09. The lowest BCUT2D eigenvalue weighted by Crippen LogP contribution is -2.37. The van der Waals surface area contributed by atoms with Crippen molar-refractivity contribution in [3.8, 4) is 0 Å². The van der Waals surface area contributed by atoms with E-state index in [9.17, 15) is 0 Å². The molecule has 1 fully saturated rings. The molecule has 2 atom stereocenters. The van der Waals surface area contributed by atoms with E-state index in [0.717, 1.165) is 12.4 Å². The maximum absolute atomic E-state index is 6.11. The van der Waals surface area contributed by atoms with E-state index in [2.05, 4.69) is 16.4 Å². The van der Waals surface area contributed by atoms with Gasteiger partial charge in [-0.3, -0.25) is 0 Å². The molecule has 2 unspecified atom stereocenters. The first-order chi connectivity index (χ1) is 7.75. The van der Waals surface area contributed by atoms with Gasteiger partial charge in [0.1, 0.15) is 5.82 Å². The maximum Gasteiger partial charge on any atom is 0.125 e. The quantitative estimate of drug-likeness (QED) is 0.820. The fourth-order valence-corrected chi connectivity index (χ4v) is 2.30. The summed E-state index contributed by atoms with van der Waals surface area (Å²) in [6.45, 7) is 3.01. The third-order valence-electron chi connectivity index (χ3n) is 3.42. The Morgan fingerprint density at radius 1 is 1.38 bits per heavy atom. The zero-order chi connectivity index (χ0) is 11.4. The number of hydrogen-bond acceptors (Lipinski definition) is 3. The van der Waals surface area contributed by atoms with E-state index >= 15 is 0 Å². The van der Waals surface area contributed by atoms with Gasteiger partial charge in [0.2, 0.25) is 0 Å². The average Bonchev–Trinajstić information content (AvgIpc) is 2.30. The Balaban J connectivity index is 1.84. The summed E-state index contributed by atoms with van der Waals surface area (Å²) in [5, 5.41) is 3.38. The molecule has 0 spiro atoms. The van der Waals surface area contributed by atoms with Gasteiger partial charge in [0.05, 0.1) is 0 Å². The summed E-state index contributed by atoms with van der Waals surface area (Å²) in [5.41, 5.74) is 7.30. The van der Waals surface area contributed by atoms with Crippen molar-refractivity contribution < 1.29 is 0 Å². The number of rotatable bonds is 3. The number of anilines is 1. The number of nitrogens with two attached hydrogens (primary N) is 1. The maximum atomic E-state index is 6.11. The van der Waals surface area contributed by atoms with E-state index in [1.165, 1.54) is 31.2 Å². The summed E-state index contributed by atoms with van der Waals surface area (Å²) in [4.78, 5) is 4.34. The van der Waals surface area contributed by atoms with Crippen LogP contribution in [-0.4, -0.2) is 17.6 Å². The van der Waals surface area contributed by atoms with Crippen LogP contribution in [0.2, 0.25) is 0 Å². The molecule has 0 aromatic carbocycles. The van der Waals surface area contributed by atoms with Gasteiger partial charge in [0.25, 0.3) is 0 Å². The van der Waals surface area contributed by atoms with Crippen molar-refractivity contribution in [1.82, 2.24) is 4.98 Å². The Morgan fingerprint density at radius 3 is 2.88 bits per heavy atom. The van der Waals surface area contributed by atoms with Crippen molar-refractivity contribution in [3.05, 3.63) is 23.9 Å². The molecule has 3 N–H and O–H groups in total. The molecule has 1 aliphatic rings. The largest absolute Gasteiger partial charge is 0.370 e. The highest BCUT2D eigenvalue weighted by Crippen LogP contribution is 2.23. The minimum absolute atomic E-state index is 0.367. The number of hydrogen-bond donors (Lipinski definition) is 2. The fourth-order valence-electron chi connectivity index (χ4n) is 2.30. The molecular formula is C13H21N3. The fraction of sp³-hybridized carbons (Fsp3) is 0.615. The lowest BCUT2D eigenvalue weighted by Gasteiger charge is -2.28. The summed E-state index contributed by atoms with van der Waals surface area (Å²) in [6, 6.07) is 4.48. The SMILES string of the molecule is Cc1ccc(NCC2CCCCC2N)nc1. The summed E-state index contributed by atoms with van der Waals surface area (Å²) in [6.07, 6.45) is 6.93. The van der Waals surface area contributed by atoms with Gasteiger partial charge < -0.3 is 11.1 Å². The van der Waals surface area contributed by atoms with Crippen LogP contribution < -0.4 is 11.1 Å². The van der Waals surface area contributed by atoms with Gasteiger partial charge in [-0.15, -0.1) is 0 Å². The van der Waals surface area contributed by atoms with E-state index in [1.807, 2.05) is 19.2 Å². The molecule has 1 aliphatic carbocycles. The predicted octanol–water partition coefficient (Wildman–Crippen LogP) is 2.32. The predicted molar refractivity (Wildman–Crippen MR) is 67.4 cm³/mol. The smallest absolute Gasteiger partial charge is 0.125 e. The van der Waals surface area contributed by atoms with E-state index in [1.54, 1.807) is 0 Å². The van der Waals surface area contributed by atoms with Crippen LogP contribution in [0.4, 0.5) is 5.82 Å². The molecule has 2 rings (SSSR count). The van der Waals surface area contributed by atoms with Gasteiger partial charge in [0, 0.05) is 18.8 Å². The van der Waals surface area contributed by atoms with E-state index in [-0.39, 0.29) is 0 Å². The average molecular weight is 219 g/mol. The zero-order valence-electron chi connectivity index (χ0n) is 9.95. The van der Waals surface area contributed by atoms with Gasteiger partial charge >= 0.3 is 0 Å². The van der Waals surface area contributed by atoms with Crippen molar-refractivity contribution in [1.29, 1.82) is 0 Å². The molecule has 3 heteroatoms. The van der Waals surface area contributed by atoms with Crippen molar-refractivity contribution >= 4 is 5.82 Å². The van der Waals surface area contributed by atoms with Crippen molar-refractivity contribution in [2.75, 3.05) is 11.9 Å². The van der Waals surface area contributed by atoms with Gasteiger partial charge in [-0.1, -0.05) is 18.9 Å². The van der Waals surface area contributed by atoms with E-state index in [0.29, 0.717) is 12.0 Å². The molecule has 3 nitrogen and oxygen atoms in total. The molecule has 0 saturated heterocycles. The molecular weight excluding hydrogens is 198 g/mol. The highest BCUT2D eigenvalue weighted by atomic mass is 15.0. The first-order valence-electron chi connectivity index (χ1n) is 6.18. The lowest BCUT2D eigenvalue weighted by atomic mass is 9.85. The molecule has 0 amide bonds. The molecule has 16 heavy (non-hydrogen) atoms. The zero-order valence-corrected chi connectivity index (χ0v) is 9.95. The summed E-state index contributed by atoms with van der Waals surface area (Å²) < 4.78 is 0. The third-order valence-corrected chi connectivity index (χ3v) is 3.42. The Kier molecular flexibility index (Phi) is 3.78. The number of nitrogens with one attached hydrogen (secondary N) is 1. The lowest BCUT2D eigenvalue weighted by molar-refractivity contribution is 0.321. The molecule has 1 aromatic rings. The van der Waals surface area contributed by atoms with Crippen molar-refractivity contribution in [3.63, 3.8) is 0 Å². The molecule has 0 radical (unpaired) electrons. The molecule has 1 heterocycles. The normalized spacial score (nSPS) is 25.4. The van der Waals surface area contributed by atoms with Crippen LogP contribution in [0, 0.1) is 12.8 Å². The van der Waals surface area contributed by atoms with Crippen LogP contribution in [0.1, 0.15) is 31.2 Å². The van der Waals surface area contributed by atoms with Crippen LogP contribution in [0.3, 0.4) is 0 Å². The minimum Gasteiger partial charge on any atom is -0.370 e. The van der Waals surface area contributed by atoms with Gasteiger partial charge in [-0.2, -0.15) is 0 Å². The second-order valence-corrected chi connectivity index (χ2v) is 4.81. The summed E-state index contributed by atoms with van der Waals surface area (Å²) >= 11 is 0. The topological polar surface area (TPSA) is 50.9 Å². The third kappa shape index (κ3) is 2.95. The second kappa shape index (κ2) is 5.30. The monoisotopic (exact) mass is 219 g/mol. The first-order valence-corrected chi connectivity index (χ1v) is 6.18. The molecule has 88 valence electrons. The van der Waals surface area contributed by atoms with Gasteiger partial charge in [0.15, 0.2) is 0 Å². The van der Waals surface area contributed by atoms with E-state index in [4.69, 9.17) is 5.73 Å². The highest BCUT2D eigenvalue weighted by molar-refractivity contribution is 5.35. The number of nitrogens with zero attached hydrogens (tertiary/aromatic N) is 1.